The van der Waals surface area contributed by atoms with Crippen LogP contribution in [0, 0.1) is 11.3 Å². The maximum Gasteiger partial charge on any atom is 0.0905 e. The van der Waals surface area contributed by atoms with Crippen LogP contribution in [0.25, 0.3) is 0 Å². The largest absolute Gasteiger partial charge is 0.388 e. The molecular formula is C9H19NO2. The molecule has 0 saturated carbocycles. The summed E-state index contributed by atoms with van der Waals surface area (Å²) in [6, 6.07) is 1.69. The lowest BCUT2D eigenvalue weighted by Gasteiger charge is -1.86. The van der Waals surface area contributed by atoms with Gasteiger partial charge in [-0.05, 0) is 13.8 Å². The van der Waals surface area contributed by atoms with E-state index in [1.54, 1.807) is 20.3 Å². The van der Waals surface area contributed by atoms with Crippen molar-refractivity contribution in [2.75, 3.05) is 27.4 Å². The number of nitrogens with zero attached hydrogens (tertiary/aromatic N) is 1. The lowest BCUT2D eigenvalue weighted by Crippen LogP contribution is -1.84. The van der Waals surface area contributed by atoms with Crippen LogP contribution in [0.1, 0.15) is 13.8 Å². The van der Waals surface area contributed by atoms with Crippen LogP contribution in [0.5, 0.6) is 0 Å². The zero-order chi connectivity index (χ0) is 10.2. The molecule has 0 aliphatic heterocycles. The second kappa shape index (κ2) is 32.0. The summed E-state index contributed by atoms with van der Waals surface area (Å²) in [6.45, 7) is 8.78. The number of methoxy groups -OCH3 is 1. The molecule has 0 aromatic rings. The summed E-state index contributed by atoms with van der Waals surface area (Å²) < 4.78 is 9.08. The van der Waals surface area contributed by atoms with E-state index in [9.17, 15) is 0 Å². The maximum absolute atomic E-state index is 7.51. The first-order valence-electron chi connectivity index (χ1n) is 3.73. The van der Waals surface area contributed by atoms with Gasteiger partial charge in [-0.15, -0.1) is 0 Å². The third kappa shape index (κ3) is 131. The van der Waals surface area contributed by atoms with Gasteiger partial charge in [-0.1, -0.05) is 6.58 Å². The highest BCUT2D eigenvalue weighted by Gasteiger charge is 1.64. The smallest absolute Gasteiger partial charge is 0.0905 e. The Hall–Kier alpha value is -0.850. The van der Waals surface area contributed by atoms with Crippen LogP contribution in [0.2, 0.25) is 0 Å². The van der Waals surface area contributed by atoms with Gasteiger partial charge in [0.15, 0.2) is 0 Å². The average Bonchev–Trinajstić information content (AvgIpc) is 2.08. The van der Waals surface area contributed by atoms with Crippen molar-refractivity contribution in [1.82, 2.24) is 0 Å². The minimum Gasteiger partial charge on any atom is -0.388 e. The van der Waals surface area contributed by atoms with Gasteiger partial charge in [-0.3, -0.25) is 0 Å². The second-order valence-electron chi connectivity index (χ2n) is 1.52. The van der Waals surface area contributed by atoms with E-state index in [1.807, 2.05) is 13.8 Å². The molecule has 0 N–H and O–H groups in total. The first kappa shape index (κ1) is 17.3. The van der Waals surface area contributed by atoms with Crippen LogP contribution in [0.15, 0.2) is 12.7 Å². The second-order valence-corrected chi connectivity index (χ2v) is 1.52. The number of nitriles is 1. The molecule has 0 heterocycles. The van der Waals surface area contributed by atoms with Gasteiger partial charge in [0.1, 0.15) is 0 Å². The highest BCUT2D eigenvalue weighted by molar-refractivity contribution is 4.93. The molecule has 0 amide bonds. The quantitative estimate of drug-likeness (QED) is 0.600. The number of hydrogen-bond donors (Lipinski definition) is 0. The summed E-state index contributed by atoms with van der Waals surface area (Å²) in [4.78, 5) is 0. The first-order chi connectivity index (χ1) is 5.74. The molecule has 0 saturated heterocycles. The van der Waals surface area contributed by atoms with E-state index >= 15 is 0 Å². The summed E-state index contributed by atoms with van der Waals surface area (Å²) in [5, 5.41) is 7.51. The van der Waals surface area contributed by atoms with Gasteiger partial charge in [0.25, 0.3) is 0 Å². The Kier molecular flexibility index (Phi) is 46.2. The summed E-state index contributed by atoms with van der Waals surface area (Å²) >= 11 is 0. The zero-order valence-corrected chi connectivity index (χ0v) is 8.46. The summed E-state index contributed by atoms with van der Waals surface area (Å²) in [6.07, 6.45) is 1.18. The zero-order valence-electron chi connectivity index (χ0n) is 8.46. The van der Waals surface area contributed by atoms with Gasteiger partial charge in [0.05, 0.1) is 6.07 Å². The SMILES string of the molecule is C=CC#N.CCOCC.COC. The van der Waals surface area contributed by atoms with E-state index in [4.69, 9.17) is 10.00 Å². The van der Waals surface area contributed by atoms with Crippen molar-refractivity contribution in [3.63, 3.8) is 0 Å². The number of ether oxygens (including phenoxy) is 2. The summed E-state index contributed by atoms with van der Waals surface area (Å²) in [5.41, 5.74) is 0. The lowest BCUT2D eigenvalue weighted by atomic mass is 10.8. The molecule has 3 heteroatoms. The van der Waals surface area contributed by atoms with Crippen LogP contribution in [-0.4, -0.2) is 27.4 Å². The highest BCUT2D eigenvalue weighted by atomic mass is 16.5. The first-order valence-corrected chi connectivity index (χ1v) is 3.73. The van der Waals surface area contributed by atoms with Crippen LogP contribution in [0.3, 0.4) is 0 Å². The Morgan fingerprint density at radius 1 is 1.33 bits per heavy atom. The van der Waals surface area contributed by atoms with E-state index in [0.717, 1.165) is 13.2 Å². The molecule has 12 heavy (non-hydrogen) atoms. The van der Waals surface area contributed by atoms with E-state index in [1.165, 1.54) is 6.08 Å². The third-order valence-electron chi connectivity index (χ3n) is 0.500. The van der Waals surface area contributed by atoms with Crippen molar-refractivity contribution >= 4 is 0 Å². The summed E-state index contributed by atoms with van der Waals surface area (Å²) in [5.74, 6) is 0. The normalized spacial score (nSPS) is 6.25. The van der Waals surface area contributed by atoms with Crippen molar-refractivity contribution in [3.8, 4) is 6.07 Å². The molecule has 0 atom stereocenters. The minimum absolute atomic E-state index is 0.844. The van der Waals surface area contributed by atoms with Gasteiger partial charge in [0.2, 0.25) is 0 Å². The van der Waals surface area contributed by atoms with E-state index < -0.39 is 0 Å². The molecule has 0 fully saturated rings. The van der Waals surface area contributed by atoms with Gasteiger partial charge in [-0.2, -0.15) is 5.26 Å². The van der Waals surface area contributed by atoms with Crippen molar-refractivity contribution in [3.05, 3.63) is 12.7 Å². The fourth-order valence-electron chi connectivity index (χ4n) is 0.204. The van der Waals surface area contributed by atoms with Gasteiger partial charge in [-0.25, -0.2) is 0 Å². The molecule has 0 aliphatic rings. The fraction of sp³-hybridized carbons (Fsp3) is 0.667. The lowest BCUT2D eigenvalue weighted by molar-refractivity contribution is 0.162. The molecule has 0 rings (SSSR count). The predicted octanol–water partition coefficient (Wildman–Crippen LogP) is 2.00. The Bertz CT molecular complexity index is 95.2. The third-order valence-corrected chi connectivity index (χ3v) is 0.500. The Balaban J connectivity index is -0.000000105. The van der Waals surface area contributed by atoms with Crippen LogP contribution >= 0.6 is 0 Å². The molecule has 0 unspecified atom stereocenters. The van der Waals surface area contributed by atoms with E-state index in [0.29, 0.717) is 0 Å². The Morgan fingerprint density at radius 3 is 1.58 bits per heavy atom. The van der Waals surface area contributed by atoms with Crippen molar-refractivity contribution in [1.29, 1.82) is 5.26 Å². The molecule has 0 spiro atoms. The van der Waals surface area contributed by atoms with Crippen LogP contribution in [0.4, 0.5) is 0 Å². The predicted molar refractivity (Wildman–Crippen MR) is 50.9 cm³/mol. The van der Waals surface area contributed by atoms with Crippen molar-refractivity contribution in [2.45, 2.75) is 13.8 Å². The number of rotatable bonds is 2. The molecule has 0 radical (unpaired) electrons. The van der Waals surface area contributed by atoms with Gasteiger partial charge < -0.3 is 9.47 Å². The molecular weight excluding hydrogens is 154 g/mol. The molecule has 3 nitrogen and oxygen atoms in total. The van der Waals surface area contributed by atoms with Crippen LogP contribution < -0.4 is 0 Å². The van der Waals surface area contributed by atoms with Crippen molar-refractivity contribution in [2.24, 2.45) is 0 Å². The monoisotopic (exact) mass is 173 g/mol. The molecule has 0 aromatic carbocycles. The fourth-order valence-corrected chi connectivity index (χ4v) is 0.204. The highest BCUT2D eigenvalue weighted by Crippen LogP contribution is 1.64. The minimum atomic E-state index is 0.844. The summed E-state index contributed by atoms with van der Waals surface area (Å²) in [7, 11) is 3.25. The van der Waals surface area contributed by atoms with E-state index in [-0.39, 0.29) is 0 Å². The van der Waals surface area contributed by atoms with Gasteiger partial charge >= 0.3 is 0 Å². The molecule has 0 aromatic heterocycles. The Labute approximate surface area is 75.6 Å². The van der Waals surface area contributed by atoms with E-state index in [2.05, 4.69) is 11.3 Å². The topological polar surface area (TPSA) is 42.2 Å². The molecule has 0 aliphatic carbocycles. The Morgan fingerprint density at radius 2 is 1.58 bits per heavy atom. The van der Waals surface area contributed by atoms with Crippen molar-refractivity contribution < 1.29 is 9.47 Å². The van der Waals surface area contributed by atoms with Crippen LogP contribution in [-0.2, 0) is 9.47 Å². The standard InChI is InChI=1S/C4H10O.C3H3N.C2H6O/c1-3-5-4-2;1-2-3-4;1-3-2/h3-4H2,1-2H3;2H,1H2;1-2H3. The molecule has 0 bridgehead atoms. The number of hydrogen-bond acceptors (Lipinski definition) is 3. The van der Waals surface area contributed by atoms with Gasteiger partial charge in [0, 0.05) is 33.5 Å². The number of allylic oxidation sites excluding steroid dienone is 1. The molecule has 72 valence electrons. The average molecular weight is 173 g/mol. The maximum atomic E-state index is 7.51.